The zero-order valence-corrected chi connectivity index (χ0v) is 34.5. The van der Waals surface area contributed by atoms with Gasteiger partial charge in [0.1, 0.15) is 24.1 Å². The van der Waals surface area contributed by atoms with Crippen molar-refractivity contribution < 1.29 is 29.0 Å². The molecule has 0 spiro atoms. The molecule has 2 aromatic heterocycles. The fraction of sp³-hybridized carbons (Fsp3) is 0.605. The Morgan fingerprint density at radius 3 is 2.44 bits per heavy atom. The normalized spacial score (nSPS) is 15.6. The molecule has 1 saturated carbocycles. The van der Waals surface area contributed by atoms with Crippen LogP contribution in [0.1, 0.15) is 124 Å². The average Bonchev–Trinajstić information content (AvgIpc) is 3.80. The molecule has 3 aliphatic rings. The Balaban J connectivity index is 0.000000282. The maximum atomic E-state index is 13.3. The van der Waals surface area contributed by atoms with E-state index in [-0.39, 0.29) is 49.0 Å². The molecule has 4 heterocycles. The molecule has 0 atom stereocenters. The summed E-state index contributed by atoms with van der Waals surface area (Å²) in [6.07, 6.45) is 12.4. The van der Waals surface area contributed by atoms with Gasteiger partial charge in [-0.25, -0.2) is 4.98 Å². The van der Waals surface area contributed by atoms with E-state index in [1.807, 2.05) is 43.7 Å². The van der Waals surface area contributed by atoms with Crippen LogP contribution in [0.15, 0.2) is 42.7 Å². The van der Waals surface area contributed by atoms with Crippen molar-refractivity contribution in [3.05, 3.63) is 71.1 Å². The molecule has 0 unspecified atom stereocenters. The van der Waals surface area contributed by atoms with Crippen molar-refractivity contribution in [3.63, 3.8) is 0 Å². The summed E-state index contributed by atoms with van der Waals surface area (Å²) in [5.41, 5.74) is 4.52. The van der Waals surface area contributed by atoms with E-state index >= 15 is 0 Å². The number of aryl methyl sites for hydroxylation is 1. The lowest BCUT2D eigenvalue weighted by Gasteiger charge is -2.41. The fourth-order valence-corrected chi connectivity index (χ4v) is 6.89. The molecular formula is C43H64N8O6. The van der Waals surface area contributed by atoms with Gasteiger partial charge in [0.15, 0.2) is 0 Å². The molecule has 1 aliphatic carbocycles. The second kappa shape index (κ2) is 23.6. The molecule has 3 fully saturated rings. The minimum Gasteiger partial charge on any atom is -0.396 e. The van der Waals surface area contributed by atoms with Gasteiger partial charge in [0, 0.05) is 88.7 Å². The van der Waals surface area contributed by atoms with Crippen LogP contribution in [0.3, 0.4) is 0 Å². The van der Waals surface area contributed by atoms with Crippen LogP contribution in [0.25, 0.3) is 0 Å². The molecule has 14 heteroatoms. The zero-order chi connectivity index (χ0) is 41.0. The summed E-state index contributed by atoms with van der Waals surface area (Å²) < 4.78 is 7.57. The number of pyridine rings is 1. The summed E-state index contributed by atoms with van der Waals surface area (Å²) in [5.74, 6) is 1.09. The van der Waals surface area contributed by atoms with Crippen molar-refractivity contribution in [1.29, 1.82) is 0 Å². The van der Waals surface area contributed by atoms with Gasteiger partial charge in [-0.1, -0.05) is 38.8 Å². The molecule has 312 valence electrons. The van der Waals surface area contributed by atoms with E-state index in [9.17, 15) is 19.2 Å². The lowest BCUT2D eigenvalue weighted by molar-refractivity contribution is -0.131. The standard InChI is InChI=1S/C27H32N6O2.C14H26N2O4.C2H6/c1-32-18-28-31-25(32)14-27(16-35-17-27)21-5-4-6-22(13-21)29-26(34)24-12-19(15-33-9-2-3-10-33)11-23(30-24)20-7-8-20;1-16(14(20)7-6-12-18)10-8-13(19)15-9-4-2-3-5-11-17;1-2/h4-6,11-13,18,20H,2-3,7-10,14-17H2,1H3,(H,29,34);12,17H,2-11H2,1H3,(H,15,19);1-2H3. The van der Waals surface area contributed by atoms with E-state index < -0.39 is 0 Å². The highest BCUT2D eigenvalue weighted by atomic mass is 16.5. The molecule has 3 amide bonds. The second-order valence-corrected chi connectivity index (χ2v) is 15.1. The number of rotatable bonds is 20. The van der Waals surface area contributed by atoms with Gasteiger partial charge >= 0.3 is 0 Å². The number of nitrogens with zero attached hydrogens (tertiary/aromatic N) is 6. The van der Waals surface area contributed by atoms with Crippen molar-refractivity contribution in [2.75, 3.05) is 58.4 Å². The summed E-state index contributed by atoms with van der Waals surface area (Å²) in [4.78, 5) is 55.2. The van der Waals surface area contributed by atoms with Crippen molar-refractivity contribution >= 4 is 29.7 Å². The number of hydrogen-bond donors (Lipinski definition) is 3. The number of hydrogen-bond acceptors (Lipinski definition) is 10. The summed E-state index contributed by atoms with van der Waals surface area (Å²) in [5, 5.41) is 22.8. The van der Waals surface area contributed by atoms with Gasteiger partial charge in [0.2, 0.25) is 11.8 Å². The number of carbonyl (C=O) groups excluding carboxylic acids is 4. The topological polar surface area (TPSA) is 172 Å². The smallest absolute Gasteiger partial charge is 0.274 e. The van der Waals surface area contributed by atoms with Crippen LogP contribution in [-0.2, 0) is 44.5 Å². The van der Waals surface area contributed by atoms with Crippen LogP contribution in [0.4, 0.5) is 5.69 Å². The number of benzene rings is 1. The number of likely N-dealkylation sites (tertiary alicyclic amines) is 1. The molecule has 2 saturated heterocycles. The lowest BCUT2D eigenvalue weighted by atomic mass is 9.75. The third kappa shape index (κ3) is 14.4. The second-order valence-electron chi connectivity index (χ2n) is 15.1. The molecule has 1 aromatic carbocycles. The van der Waals surface area contributed by atoms with E-state index in [0.29, 0.717) is 37.9 Å². The molecular weight excluding hydrogens is 725 g/mol. The van der Waals surface area contributed by atoms with Gasteiger partial charge in [-0.05, 0) is 87.0 Å². The molecule has 57 heavy (non-hydrogen) atoms. The first kappa shape index (κ1) is 45.2. The predicted molar refractivity (Wildman–Crippen MR) is 220 cm³/mol. The highest BCUT2D eigenvalue weighted by Crippen LogP contribution is 2.40. The Morgan fingerprint density at radius 1 is 1.04 bits per heavy atom. The van der Waals surface area contributed by atoms with Crippen LogP contribution < -0.4 is 10.6 Å². The molecule has 0 radical (unpaired) electrons. The number of amides is 3. The minimum absolute atomic E-state index is 0.0674. The van der Waals surface area contributed by atoms with Crippen LogP contribution in [0.2, 0.25) is 0 Å². The van der Waals surface area contributed by atoms with E-state index in [1.165, 1.54) is 36.1 Å². The number of aromatic nitrogens is 4. The molecule has 6 rings (SSSR count). The van der Waals surface area contributed by atoms with Gasteiger partial charge in [0.05, 0.1) is 13.2 Å². The van der Waals surface area contributed by atoms with E-state index in [0.717, 1.165) is 80.8 Å². The number of carbonyl (C=O) groups is 4. The van der Waals surface area contributed by atoms with E-state index in [4.69, 9.17) is 14.8 Å². The number of unbranched alkanes of at least 4 members (excludes halogenated alkanes) is 3. The Bertz CT molecular complexity index is 1720. The molecule has 3 N–H and O–H groups in total. The Kier molecular flexibility index (Phi) is 18.7. The van der Waals surface area contributed by atoms with Crippen molar-refractivity contribution in [2.24, 2.45) is 7.05 Å². The van der Waals surface area contributed by atoms with E-state index in [2.05, 4.69) is 43.9 Å². The fourth-order valence-electron chi connectivity index (χ4n) is 6.89. The zero-order valence-electron chi connectivity index (χ0n) is 34.5. The van der Waals surface area contributed by atoms with Crippen LogP contribution in [-0.4, -0.2) is 112 Å². The van der Waals surface area contributed by atoms with Crippen molar-refractivity contribution in [3.8, 4) is 0 Å². The Labute approximate surface area is 338 Å². The van der Waals surface area contributed by atoms with Crippen LogP contribution >= 0.6 is 0 Å². The molecule has 3 aromatic rings. The molecule has 14 nitrogen and oxygen atoms in total. The van der Waals surface area contributed by atoms with Gasteiger partial charge in [-0.2, -0.15) is 0 Å². The van der Waals surface area contributed by atoms with Gasteiger partial charge in [-0.15, -0.1) is 10.2 Å². The summed E-state index contributed by atoms with van der Waals surface area (Å²) in [6.45, 7) is 9.63. The van der Waals surface area contributed by atoms with Gasteiger partial charge in [0.25, 0.3) is 5.91 Å². The highest BCUT2D eigenvalue weighted by Gasteiger charge is 2.42. The summed E-state index contributed by atoms with van der Waals surface area (Å²) in [6, 6.07) is 12.3. The third-order valence-electron chi connectivity index (χ3n) is 10.5. The first-order valence-electron chi connectivity index (χ1n) is 20.8. The first-order chi connectivity index (χ1) is 27.7. The largest absolute Gasteiger partial charge is 0.396 e. The average molecular weight is 789 g/mol. The van der Waals surface area contributed by atoms with Crippen LogP contribution in [0, 0.1) is 0 Å². The van der Waals surface area contributed by atoms with Crippen molar-refractivity contribution in [1.82, 2.24) is 34.9 Å². The first-order valence-corrected chi connectivity index (χ1v) is 20.8. The Hall–Kier alpha value is -4.53. The SMILES string of the molecule is CC.CN(CCC(=O)NCCCCCCO)C(=O)CCC=O.Cn1cnnc1CC1(c2cccc(NC(=O)c3cc(CN4CCCC4)cc(C4CC4)n3)c2)COC1. The van der Waals surface area contributed by atoms with Crippen LogP contribution in [0.5, 0.6) is 0 Å². The number of anilines is 1. The predicted octanol–water partition coefficient (Wildman–Crippen LogP) is 4.96. The maximum absolute atomic E-state index is 13.3. The molecule has 2 aliphatic heterocycles. The highest BCUT2D eigenvalue weighted by molar-refractivity contribution is 6.03. The molecule has 0 bridgehead atoms. The maximum Gasteiger partial charge on any atom is 0.274 e. The van der Waals surface area contributed by atoms with Crippen molar-refractivity contribution in [2.45, 2.75) is 109 Å². The number of aliphatic hydroxyl groups is 1. The minimum atomic E-state index is -0.158. The third-order valence-corrected chi connectivity index (χ3v) is 10.5. The van der Waals surface area contributed by atoms with E-state index in [1.54, 1.807) is 13.4 Å². The quantitative estimate of drug-likeness (QED) is 0.105. The number of aldehydes is 1. The summed E-state index contributed by atoms with van der Waals surface area (Å²) in [7, 11) is 3.59. The van der Waals surface area contributed by atoms with Gasteiger partial charge < -0.3 is 34.7 Å². The van der Waals surface area contributed by atoms with Gasteiger partial charge in [-0.3, -0.25) is 19.3 Å². The number of ether oxygens (including phenoxy) is 1. The monoisotopic (exact) mass is 788 g/mol. The Morgan fingerprint density at radius 2 is 1.79 bits per heavy atom. The lowest BCUT2D eigenvalue weighted by Crippen LogP contribution is -2.49. The number of aliphatic hydroxyl groups excluding tert-OH is 1. The number of nitrogens with one attached hydrogen (secondary N) is 2. The summed E-state index contributed by atoms with van der Waals surface area (Å²) >= 11 is 0.